The minimum absolute atomic E-state index is 0.0124. The third kappa shape index (κ3) is 11.9. The van der Waals surface area contributed by atoms with Crippen molar-refractivity contribution >= 4 is 39.5 Å². The molecule has 3 amide bonds. The number of nitrogens with zero attached hydrogens (tertiary/aromatic N) is 4. The predicted molar refractivity (Wildman–Crippen MR) is 189 cm³/mol. The summed E-state index contributed by atoms with van der Waals surface area (Å²) in [6.07, 6.45) is 0.0915. The average Bonchev–Trinajstić information content (AvgIpc) is 3.50. The molecule has 1 unspecified atom stereocenters. The zero-order valence-electron chi connectivity index (χ0n) is 28.8. The van der Waals surface area contributed by atoms with Gasteiger partial charge in [-0.1, -0.05) is 75.3 Å². The monoisotopic (exact) mass is 716 g/mol. The molecule has 0 bridgehead atoms. The van der Waals surface area contributed by atoms with Crippen LogP contribution in [0.3, 0.4) is 0 Å². The smallest absolute Gasteiger partial charge is 0.318 e. The fourth-order valence-electron chi connectivity index (χ4n) is 5.08. The van der Waals surface area contributed by atoms with E-state index in [1.54, 1.807) is 28.0 Å². The van der Waals surface area contributed by atoms with Crippen LogP contribution in [-0.2, 0) is 39.1 Å². The van der Waals surface area contributed by atoms with Gasteiger partial charge in [0.2, 0.25) is 15.9 Å². The van der Waals surface area contributed by atoms with E-state index in [0.29, 0.717) is 17.9 Å². The molecule has 3 atom stereocenters. The number of methoxy groups -OCH3 is 1. The van der Waals surface area contributed by atoms with Crippen molar-refractivity contribution in [2.45, 2.75) is 70.4 Å². The number of carbonyl (C=O) groups is 2. The molecule has 0 radical (unpaired) electrons. The van der Waals surface area contributed by atoms with E-state index in [1.165, 1.54) is 51.0 Å². The molecule has 0 aliphatic heterocycles. The standard InChI is InChI=1S/C34H48N6O7S2/c1-23(2)18-40(49(45,46)28-14-12-26(13-15-28)17-35-44)20-30(41)29(16-25-10-8-7-9-11-25)37-33(42)32(24(3)4)38-34(43)39(5)19-27-22-48-31(36-27)21-47-6/h7-15,17,22-24,29-30,32,41,44H,16,18-21H2,1-6H3,(H,37,42)(H,38,43)/b35-17+/t29-,30?,32+/m0/s1. The highest BCUT2D eigenvalue weighted by molar-refractivity contribution is 7.89. The van der Waals surface area contributed by atoms with Crippen LogP contribution in [0.15, 0.2) is 70.0 Å². The number of aromatic nitrogens is 1. The van der Waals surface area contributed by atoms with Gasteiger partial charge in [-0.05, 0) is 41.5 Å². The molecular formula is C34H48N6O7S2. The zero-order chi connectivity index (χ0) is 36.1. The lowest BCUT2D eigenvalue weighted by Gasteiger charge is -2.32. The van der Waals surface area contributed by atoms with E-state index < -0.39 is 40.1 Å². The number of sulfonamides is 1. The van der Waals surface area contributed by atoms with Gasteiger partial charge in [-0.25, -0.2) is 18.2 Å². The number of ether oxygens (including phenoxy) is 1. The van der Waals surface area contributed by atoms with Gasteiger partial charge in [0.05, 0.1) is 42.1 Å². The highest BCUT2D eigenvalue weighted by Gasteiger charge is 2.34. The van der Waals surface area contributed by atoms with E-state index in [4.69, 9.17) is 9.94 Å². The molecular weight excluding hydrogens is 669 g/mol. The molecule has 0 spiro atoms. The lowest BCUT2D eigenvalue weighted by atomic mass is 9.98. The van der Waals surface area contributed by atoms with E-state index in [0.717, 1.165) is 10.6 Å². The second-order valence-electron chi connectivity index (χ2n) is 12.6. The molecule has 0 saturated carbocycles. The maximum atomic E-state index is 13.8. The molecule has 2 aromatic carbocycles. The Labute approximate surface area is 293 Å². The van der Waals surface area contributed by atoms with Crippen LogP contribution in [0, 0.1) is 11.8 Å². The maximum absolute atomic E-state index is 13.8. The van der Waals surface area contributed by atoms with Crippen molar-refractivity contribution in [2.24, 2.45) is 17.0 Å². The Balaban J connectivity index is 1.82. The molecule has 15 heteroatoms. The van der Waals surface area contributed by atoms with E-state index in [2.05, 4.69) is 20.8 Å². The number of aliphatic hydroxyl groups is 1. The number of hydrogen-bond donors (Lipinski definition) is 4. The second-order valence-corrected chi connectivity index (χ2v) is 15.5. The van der Waals surface area contributed by atoms with E-state index in [-0.39, 0.29) is 42.8 Å². The van der Waals surface area contributed by atoms with Crippen LogP contribution in [0.2, 0.25) is 0 Å². The van der Waals surface area contributed by atoms with E-state index in [9.17, 15) is 23.1 Å². The minimum Gasteiger partial charge on any atom is -0.411 e. The van der Waals surface area contributed by atoms with Gasteiger partial charge in [-0.3, -0.25) is 4.79 Å². The summed E-state index contributed by atoms with van der Waals surface area (Å²) in [6, 6.07) is 12.8. The summed E-state index contributed by atoms with van der Waals surface area (Å²) in [4.78, 5) is 32.9. The van der Waals surface area contributed by atoms with Crippen molar-refractivity contribution in [2.75, 3.05) is 27.2 Å². The largest absolute Gasteiger partial charge is 0.411 e. The van der Waals surface area contributed by atoms with Crippen molar-refractivity contribution in [3.05, 3.63) is 81.8 Å². The molecule has 1 aromatic heterocycles. The number of urea groups is 1. The molecule has 0 saturated heterocycles. The summed E-state index contributed by atoms with van der Waals surface area (Å²) < 4.78 is 33.9. The summed E-state index contributed by atoms with van der Waals surface area (Å²) in [5.74, 6) is -0.887. The van der Waals surface area contributed by atoms with Crippen LogP contribution in [0.1, 0.15) is 49.5 Å². The first-order chi connectivity index (χ1) is 23.2. The Morgan fingerprint density at radius 2 is 1.71 bits per heavy atom. The van der Waals surface area contributed by atoms with Crippen molar-refractivity contribution in [1.29, 1.82) is 0 Å². The Hall–Kier alpha value is -3.89. The summed E-state index contributed by atoms with van der Waals surface area (Å²) in [7, 11) is -0.865. The lowest BCUT2D eigenvalue weighted by Crippen LogP contribution is -2.58. The van der Waals surface area contributed by atoms with Crippen LogP contribution >= 0.6 is 11.3 Å². The Bertz CT molecular complexity index is 1620. The van der Waals surface area contributed by atoms with Crippen molar-refractivity contribution < 1.29 is 33.1 Å². The molecule has 3 rings (SSSR count). The number of thiazole rings is 1. The van der Waals surface area contributed by atoms with Crippen molar-refractivity contribution in [3.8, 4) is 0 Å². The Morgan fingerprint density at radius 3 is 2.31 bits per heavy atom. The van der Waals surface area contributed by atoms with Gasteiger partial charge in [-0.15, -0.1) is 11.3 Å². The summed E-state index contributed by atoms with van der Waals surface area (Å²) >= 11 is 1.43. The number of nitrogens with one attached hydrogen (secondary N) is 2. The van der Waals surface area contributed by atoms with Crippen molar-refractivity contribution in [3.63, 3.8) is 0 Å². The maximum Gasteiger partial charge on any atom is 0.318 e. The van der Waals surface area contributed by atoms with E-state index >= 15 is 0 Å². The minimum atomic E-state index is -4.06. The number of benzene rings is 2. The zero-order valence-corrected chi connectivity index (χ0v) is 30.4. The predicted octanol–water partition coefficient (Wildman–Crippen LogP) is 3.70. The van der Waals surface area contributed by atoms with Crippen LogP contribution < -0.4 is 10.6 Å². The normalized spacial score (nSPS) is 13.9. The Kier molecular flexibility index (Phi) is 15.1. The number of oxime groups is 1. The first-order valence-corrected chi connectivity index (χ1v) is 18.3. The number of aliphatic hydroxyl groups excluding tert-OH is 1. The first-order valence-electron chi connectivity index (χ1n) is 16.0. The summed E-state index contributed by atoms with van der Waals surface area (Å²) in [5.41, 5.74) is 2.04. The van der Waals surface area contributed by atoms with Crippen LogP contribution in [0.4, 0.5) is 4.79 Å². The van der Waals surface area contributed by atoms with Gasteiger partial charge in [-0.2, -0.15) is 4.31 Å². The molecule has 1 heterocycles. The van der Waals surface area contributed by atoms with Gasteiger partial charge in [0.1, 0.15) is 11.0 Å². The van der Waals surface area contributed by atoms with Gasteiger partial charge in [0, 0.05) is 32.6 Å². The van der Waals surface area contributed by atoms with Gasteiger partial charge < -0.3 is 30.6 Å². The molecule has 13 nitrogen and oxygen atoms in total. The molecule has 0 aliphatic rings. The fraction of sp³-hybridized carbons (Fsp3) is 0.471. The highest BCUT2D eigenvalue weighted by Crippen LogP contribution is 2.20. The molecule has 49 heavy (non-hydrogen) atoms. The van der Waals surface area contributed by atoms with Crippen LogP contribution in [0.5, 0.6) is 0 Å². The van der Waals surface area contributed by atoms with Crippen LogP contribution in [0.25, 0.3) is 0 Å². The summed E-state index contributed by atoms with van der Waals surface area (Å²) in [5, 5.41) is 31.8. The average molecular weight is 717 g/mol. The fourth-order valence-corrected chi connectivity index (χ4v) is 7.46. The van der Waals surface area contributed by atoms with Crippen LogP contribution in [-0.4, -0.2) is 96.5 Å². The Morgan fingerprint density at radius 1 is 1.04 bits per heavy atom. The number of hydrogen-bond acceptors (Lipinski definition) is 10. The summed E-state index contributed by atoms with van der Waals surface area (Å²) in [6.45, 7) is 7.79. The molecule has 3 aromatic rings. The number of carbonyl (C=O) groups excluding carboxylic acids is 2. The first kappa shape index (κ1) is 39.5. The quantitative estimate of drug-likeness (QED) is 0.0877. The van der Waals surface area contributed by atoms with Crippen molar-refractivity contribution in [1.82, 2.24) is 24.8 Å². The molecule has 0 fully saturated rings. The molecule has 0 aliphatic carbocycles. The van der Waals surface area contributed by atoms with Gasteiger partial charge >= 0.3 is 6.03 Å². The van der Waals surface area contributed by atoms with E-state index in [1.807, 2.05) is 49.6 Å². The third-order valence-corrected chi connectivity index (χ3v) is 10.3. The molecule has 268 valence electrons. The van der Waals surface area contributed by atoms with Gasteiger partial charge in [0.15, 0.2) is 0 Å². The topological polar surface area (TPSA) is 174 Å². The van der Waals surface area contributed by atoms with Gasteiger partial charge in [0.25, 0.3) is 0 Å². The highest BCUT2D eigenvalue weighted by atomic mass is 32.2. The third-order valence-electron chi connectivity index (χ3n) is 7.62. The lowest BCUT2D eigenvalue weighted by molar-refractivity contribution is -0.125. The SMILES string of the molecule is COCc1nc(CN(C)C(=O)N[C@@H](C(=O)N[C@@H](Cc2ccccc2)C(O)CN(CC(C)C)S(=O)(=O)c2ccc(/C=N/O)cc2)C(C)C)cs1. The number of rotatable bonds is 18. The number of amides is 3. The molecule has 4 N–H and O–H groups in total. The second kappa shape index (κ2) is 18.8.